The second kappa shape index (κ2) is 10.5. The Bertz CT molecular complexity index is 117. The molecule has 2 atom stereocenters. The summed E-state index contributed by atoms with van der Waals surface area (Å²) in [6.45, 7) is 9.26. The summed E-state index contributed by atoms with van der Waals surface area (Å²) in [5.74, 6) is 1.76. The molecule has 0 nitrogen and oxygen atoms in total. The molecule has 0 N–H and O–H groups in total. The molecule has 0 bridgehead atoms. The second-order valence-corrected chi connectivity index (χ2v) is 4.81. The topological polar surface area (TPSA) is 0 Å². The van der Waals surface area contributed by atoms with Crippen molar-refractivity contribution in [3.63, 3.8) is 0 Å². The molecule has 0 heteroatoms. The minimum atomic E-state index is 0.876. The summed E-state index contributed by atoms with van der Waals surface area (Å²) < 4.78 is 0. The second-order valence-electron chi connectivity index (χ2n) is 4.81. The SMILES string of the molecule is CCCCCC([CH]C(CC)CCC)CC. The van der Waals surface area contributed by atoms with E-state index in [1.807, 2.05) is 0 Å². The maximum atomic E-state index is 2.65. The van der Waals surface area contributed by atoms with Gasteiger partial charge in [-0.1, -0.05) is 79.1 Å². The smallest absolute Gasteiger partial charge is 0.0324 e. The molecule has 15 heavy (non-hydrogen) atoms. The zero-order valence-corrected chi connectivity index (χ0v) is 11.4. The highest BCUT2D eigenvalue weighted by Gasteiger charge is 2.13. The van der Waals surface area contributed by atoms with Crippen molar-refractivity contribution in [2.24, 2.45) is 11.8 Å². The van der Waals surface area contributed by atoms with Crippen LogP contribution in [-0.2, 0) is 0 Å². The van der Waals surface area contributed by atoms with Crippen molar-refractivity contribution in [1.29, 1.82) is 0 Å². The molecule has 0 heterocycles. The summed E-state index contributed by atoms with van der Waals surface area (Å²) in [7, 11) is 0. The summed E-state index contributed by atoms with van der Waals surface area (Å²) in [6.07, 6.45) is 13.7. The highest BCUT2D eigenvalue weighted by molar-refractivity contribution is 4.82. The molecular formula is C15H31. The molecule has 1 radical (unpaired) electrons. The Morgan fingerprint density at radius 2 is 1.33 bits per heavy atom. The van der Waals surface area contributed by atoms with Crippen molar-refractivity contribution in [1.82, 2.24) is 0 Å². The molecule has 0 aliphatic carbocycles. The maximum absolute atomic E-state index is 2.65. The van der Waals surface area contributed by atoms with Gasteiger partial charge < -0.3 is 0 Å². The highest BCUT2D eigenvalue weighted by atomic mass is 14.2. The number of hydrogen-bond donors (Lipinski definition) is 0. The van der Waals surface area contributed by atoms with Crippen LogP contribution in [0.4, 0.5) is 0 Å². The Kier molecular flexibility index (Phi) is 10.5. The van der Waals surface area contributed by atoms with Crippen LogP contribution >= 0.6 is 0 Å². The molecule has 0 aromatic carbocycles. The molecule has 0 aromatic rings. The first-order valence-corrected chi connectivity index (χ1v) is 7.13. The fourth-order valence-electron chi connectivity index (χ4n) is 2.29. The third-order valence-corrected chi connectivity index (χ3v) is 3.43. The van der Waals surface area contributed by atoms with Gasteiger partial charge in [-0.05, 0) is 18.3 Å². The minimum absolute atomic E-state index is 0.876. The van der Waals surface area contributed by atoms with Gasteiger partial charge in [0.15, 0.2) is 0 Å². The zero-order valence-electron chi connectivity index (χ0n) is 11.4. The predicted octanol–water partition coefficient (Wildman–Crippen LogP) is 5.62. The van der Waals surface area contributed by atoms with Gasteiger partial charge in [-0.3, -0.25) is 0 Å². The first kappa shape index (κ1) is 15.0. The monoisotopic (exact) mass is 211 g/mol. The van der Waals surface area contributed by atoms with E-state index in [0.29, 0.717) is 0 Å². The van der Waals surface area contributed by atoms with Crippen LogP contribution in [0.15, 0.2) is 0 Å². The Morgan fingerprint density at radius 1 is 0.733 bits per heavy atom. The van der Waals surface area contributed by atoms with Gasteiger partial charge in [0.05, 0.1) is 0 Å². The van der Waals surface area contributed by atoms with E-state index in [4.69, 9.17) is 0 Å². The van der Waals surface area contributed by atoms with Gasteiger partial charge in [0.25, 0.3) is 0 Å². The van der Waals surface area contributed by atoms with E-state index in [1.165, 1.54) is 51.4 Å². The molecule has 0 aliphatic rings. The van der Waals surface area contributed by atoms with Crippen LogP contribution < -0.4 is 0 Å². The lowest BCUT2D eigenvalue weighted by Crippen LogP contribution is -2.09. The lowest BCUT2D eigenvalue weighted by Gasteiger charge is -2.21. The molecule has 0 spiro atoms. The average Bonchev–Trinajstić information content (AvgIpc) is 2.26. The van der Waals surface area contributed by atoms with Gasteiger partial charge in [0.1, 0.15) is 0 Å². The van der Waals surface area contributed by atoms with E-state index in [1.54, 1.807) is 0 Å². The summed E-state index contributed by atoms with van der Waals surface area (Å²) >= 11 is 0. The summed E-state index contributed by atoms with van der Waals surface area (Å²) in [4.78, 5) is 0. The van der Waals surface area contributed by atoms with E-state index >= 15 is 0 Å². The van der Waals surface area contributed by atoms with Crippen molar-refractivity contribution in [2.75, 3.05) is 0 Å². The van der Waals surface area contributed by atoms with Crippen molar-refractivity contribution in [3.8, 4) is 0 Å². The lowest BCUT2D eigenvalue weighted by molar-refractivity contribution is 0.410. The molecule has 0 amide bonds. The van der Waals surface area contributed by atoms with Crippen LogP contribution in [0.5, 0.6) is 0 Å². The van der Waals surface area contributed by atoms with E-state index in [2.05, 4.69) is 34.1 Å². The zero-order chi connectivity index (χ0) is 11.5. The van der Waals surface area contributed by atoms with Crippen molar-refractivity contribution in [2.45, 2.75) is 79.1 Å². The predicted molar refractivity (Wildman–Crippen MR) is 70.9 cm³/mol. The third kappa shape index (κ3) is 7.88. The van der Waals surface area contributed by atoms with Crippen molar-refractivity contribution >= 4 is 0 Å². The Morgan fingerprint density at radius 3 is 1.80 bits per heavy atom. The van der Waals surface area contributed by atoms with Gasteiger partial charge in [-0.25, -0.2) is 0 Å². The molecular weight excluding hydrogens is 180 g/mol. The van der Waals surface area contributed by atoms with E-state index in [9.17, 15) is 0 Å². The van der Waals surface area contributed by atoms with E-state index in [-0.39, 0.29) is 0 Å². The summed E-state index contributed by atoms with van der Waals surface area (Å²) in [5, 5.41) is 0. The third-order valence-electron chi connectivity index (χ3n) is 3.43. The first-order valence-electron chi connectivity index (χ1n) is 7.13. The van der Waals surface area contributed by atoms with Gasteiger partial charge in [-0.15, -0.1) is 0 Å². The number of rotatable bonds is 10. The minimum Gasteiger partial charge on any atom is -0.0654 e. The quantitative estimate of drug-likeness (QED) is 0.411. The van der Waals surface area contributed by atoms with Crippen LogP contribution in [-0.4, -0.2) is 0 Å². The largest absolute Gasteiger partial charge is 0.0654 e. The van der Waals surface area contributed by atoms with Crippen LogP contribution in [0.25, 0.3) is 0 Å². The fraction of sp³-hybridized carbons (Fsp3) is 0.933. The molecule has 91 valence electrons. The highest BCUT2D eigenvalue weighted by Crippen LogP contribution is 2.25. The normalized spacial score (nSPS) is 15.2. The van der Waals surface area contributed by atoms with Gasteiger partial charge in [0.2, 0.25) is 0 Å². The number of unbranched alkanes of at least 4 members (excludes halogenated alkanes) is 2. The first-order chi connectivity index (χ1) is 7.28. The van der Waals surface area contributed by atoms with Crippen LogP contribution in [0.3, 0.4) is 0 Å². The van der Waals surface area contributed by atoms with Gasteiger partial charge in [-0.2, -0.15) is 0 Å². The fourth-order valence-corrected chi connectivity index (χ4v) is 2.29. The van der Waals surface area contributed by atoms with Gasteiger partial charge >= 0.3 is 0 Å². The Labute approximate surface area is 97.8 Å². The Hall–Kier alpha value is 0. The molecule has 0 saturated heterocycles. The molecule has 0 aliphatic heterocycles. The molecule has 0 fully saturated rings. The number of hydrogen-bond acceptors (Lipinski definition) is 0. The molecule has 0 aromatic heterocycles. The maximum Gasteiger partial charge on any atom is -0.0324 e. The van der Waals surface area contributed by atoms with Crippen LogP contribution in [0.2, 0.25) is 0 Å². The standard InChI is InChI=1S/C15H31/c1-5-9-10-12-15(8-4)13-14(7-3)11-6-2/h13-15H,5-12H2,1-4H3. The molecule has 0 rings (SSSR count). The summed E-state index contributed by atoms with van der Waals surface area (Å²) in [6, 6.07) is 0. The van der Waals surface area contributed by atoms with Crippen LogP contribution in [0, 0.1) is 18.3 Å². The van der Waals surface area contributed by atoms with E-state index < -0.39 is 0 Å². The molecule has 2 unspecified atom stereocenters. The lowest BCUT2D eigenvalue weighted by atomic mass is 9.85. The van der Waals surface area contributed by atoms with Gasteiger partial charge in [0, 0.05) is 0 Å². The summed E-state index contributed by atoms with van der Waals surface area (Å²) in [5.41, 5.74) is 0. The van der Waals surface area contributed by atoms with Crippen LogP contribution in [0.1, 0.15) is 79.1 Å². The average molecular weight is 211 g/mol. The Balaban J connectivity index is 3.73. The van der Waals surface area contributed by atoms with Crippen molar-refractivity contribution in [3.05, 3.63) is 6.42 Å². The molecule has 0 saturated carbocycles. The van der Waals surface area contributed by atoms with E-state index in [0.717, 1.165) is 11.8 Å². The van der Waals surface area contributed by atoms with Crippen molar-refractivity contribution < 1.29 is 0 Å².